The van der Waals surface area contributed by atoms with E-state index in [1.54, 1.807) is 34.0 Å². The van der Waals surface area contributed by atoms with Gasteiger partial charge >= 0.3 is 5.97 Å². The molecule has 0 amide bonds. The number of rotatable bonds is 13. The van der Waals surface area contributed by atoms with Crippen LogP contribution in [0.5, 0.6) is 0 Å². The van der Waals surface area contributed by atoms with Gasteiger partial charge in [0.2, 0.25) is 0 Å². The van der Waals surface area contributed by atoms with Crippen molar-refractivity contribution in [2.24, 2.45) is 0 Å². The molecule has 10 heteroatoms. The predicted molar refractivity (Wildman–Crippen MR) is 120 cm³/mol. The number of carbonyl (C=O) groups is 1. The number of thiophene rings is 1. The van der Waals surface area contributed by atoms with Crippen molar-refractivity contribution < 1.29 is 24.1 Å². The maximum Gasteiger partial charge on any atom is 0.348 e. The summed E-state index contributed by atoms with van der Waals surface area (Å²) in [5.41, 5.74) is 0.260. The zero-order valence-electron chi connectivity index (χ0n) is 18.5. The molecule has 0 saturated carbocycles. The van der Waals surface area contributed by atoms with Gasteiger partial charge in [-0.1, -0.05) is 6.08 Å². The number of aromatic amines is 1. The van der Waals surface area contributed by atoms with Crippen LogP contribution in [0.2, 0.25) is 0 Å². The van der Waals surface area contributed by atoms with Crippen LogP contribution in [-0.2, 0) is 20.8 Å². The Morgan fingerprint density at radius 3 is 2.81 bits per heavy atom. The van der Waals surface area contributed by atoms with Gasteiger partial charge in [-0.25, -0.2) is 9.78 Å². The third kappa shape index (κ3) is 7.22. The van der Waals surface area contributed by atoms with Crippen LogP contribution in [-0.4, -0.2) is 78.2 Å². The van der Waals surface area contributed by atoms with E-state index in [-0.39, 0.29) is 18.3 Å². The van der Waals surface area contributed by atoms with Crippen LogP contribution in [0.1, 0.15) is 34.9 Å². The normalized spacial score (nSPS) is 12.6. The molecule has 2 rings (SSSR count). The van der Waals surface area contributed by atoms with Gasteiger partial charge in [0.05, 0.1) is 44.0 Å². The molecule has 0 saturated heterocycles. The number of nitrogens with zero attached hydrogens (tertiary/aromatic N) is 2. The van der Waals surface area contributed by atoms with Crippen molar-refractivity contribution >= 4 is 27.5 Å². The van der Waals surface area contributed by atoms with Crippen LogP contribution in [0.25, 0.3) is 10.2 Å². The molecule has 9 nitrogen and oxygen atoms in total. The second kappa shape index (κ2) is 12.1. The smallest absolute Gasteiger partial charge is 0.348 e. The van der Waals surface area contributed by atoms with Crippen LogP contribution >= 0.6 is 11.3 Å². The Bertz CT molecular complexity index is 939. The maximum atomic E-state index is 12.7. The molecule has 0 aliphatic rings. The van der Waals surface area contributed by atoms with E-state index in [1.807, 2.05) is 4.90 Å². The minimum Gasteiger partial charge on any atom is -0.459 e. The predicted octanol–water partition coefficient (Wildman–Crippen LogP) is 1.87. The van der Waals surface area contributed by atoms with Crippen LogP contribution in [0.3, 0.4) is 0 Å². The summed E-state index contributed by atoms with van der Waals surface area (Å²) in [7, 11) is 1.60. The van der Waals surface area contributed by atoms with Crippen LogP contribution in [0, 0.1) is 6.92 Å². The quantitative estimate of drug-likeness (QED) is 0.268. The Hall–Kier alpha value is -2.11. The van der Waals surface area contributed by atoms with Gasteiger partial charge in [0.15, 0.2) is 0 Å². The Labute approximate surface area is 185 Å². The molecule has 31 heavy (non-hydrogen) atoms. The van der Waals surface area contributed by atoms with Crippen LogP contribution < -0.4 is 5.56 Å². The van der Waals surface area contributed by atoms with Gasteiger partial charge in [-0.3, -0.25) is 9.69 Å². The number of aryl methyl sites for hydroxylation is 1. The number of ether oxygens (including phenoxy) is 3. The van der Waals surface area contributed by atoms with E-state index >= 15 is 0 Å². The van der Waals surface area contributed by atoms with Crippen molar-refractivity contribution in [3.63, 3.8) is 0 Å². The number of aliphatic hydroxyl groups is 1. The summed E-state index contributed by atoms with van der Waals surface area (Å²) in [5.74, 6) is -0.0151. The Morgan fingerprint density at radius 1 is 1.42 bits per heavy atom. The Kier molecular flexibility index (Phi) is 9.79. The first kappa shape index (κ1) is 25.2. The van der Waals surface area contributed by atoms with E-state index in [2.05, 4.69) is 16.5 Å². The summed E-state index contributed by atoms with van der Waals surface area (Å²) in [4.78, 5) is 35.2. The molecule has 0 spiro atoms. The molecule has 0 aromatic carbocycles. The summed E-state index contributed by atoms with van der Waals surface area (Å²) in [5, 5.41) is 10.6. The zero-order valence-corrected chi connectivity index (χ0v) is 19.3. The molecule has 2 heterocycles. The number of nitrogens with one attached hydrogen (secondary N) is 1. The molecule has 2 aromatic heterocycles. The molecule has 0 aliphatic heterocycles. The Morgan fingerprint density at radius 2 is 2.16 bits per heavy atom. The molecular weight excluding hydrogens is 422 g/mol. The third-order valence-electron chi connectivity index (χ3n) is 4.38. The minimum atomic E-state index is -0.714. The molecule has 0 radical (unpaired) electrons. The summed E-state index contributed by atoms with van der Waals surface area (Å²) in [6, 6.07) is 0. The second-order valence-corrected chi connectivity index (χ2v) is 8.41. The molecule has 2 N–H and O–H groups in total. The average Bonchev–Trinajstić information content (AvgIpc) is 3.02. The summed E-state index contributed by atoms with van der Waals surface area (Å²) in [6.45, 7) is 11.0. The first-order valence-electron chi connectivity index (χ1n) is 10.1. The highest BCUT2D eigenvalue weighted by atomic mass is 32.1. The molecular formula is C21H31N3O6S. The highest BCUT2D eigenvalue weighted by Crippen LogP contribution is 2.28. The summed E-state index contributed by atoms with van der Waals surface area (Å²) < 4.78 is 15.7. The van der Waals surface area contributed by atoms with Gasteiger partial charge in [0.25, 0.3) is 5.56 Å². The van der Waals surface area contributed by atoms with E-state index < -0.39 is 12.1 Å². The lowest BCUT2D eigenvalue weighted by Gasteiger charge is -2.24. The monoisotopic (exact) mass is 453 g/mol. The molecule has 0 aliphatic carbocycles. The van der Waals surface area contributed by atoms with Crippen molar-refractivity contribution in [2.45, 2.75) is 39.5 Å². The van der Waals surface area contributed by atoms with E-state index in [9.17, 15) is 14.7 Å². The van der Waals surface area contributed by atoms with Crippen molar-refractivity contribution in [2.75, 3.05) is 40.0 Å². The fourth-order valence-electron chi connectivity index (χ4n) is 3.03. The van der Waals surface area contributed by atoms with Gasteiger partial charge in [-0.2, -0.15) is 0 Å². The SMILES string of the molecule is C=CCOC[C@@H](O)CN(CCOC)Cc1nc2sc(C(=O)OC(C)C)c(C)c2c(=O)[nH]1. The molecule has 2 aromatic rings. The van der Waals surface area contributed by atoms with E-state index in [0.717, 1.165) is 11.3 Å². The highest BCUT2D eigenvalue weighted by molar-refractivity contribution is 7.20. The van der Waals surface area contributed by atoms with Crippen molar-refractivity contribution in [1.82, 2.24) is 14.9 Å². The average molecular weight is 454 g/mol. The first-order valence-corrected chi connectivity index (χ1v) is 10.9. The van der Waals surface area contributed by atoms with Gasteiger partial charge in [-0.05, 0) is 26.3 Å². The highest BCUT2D eigenvalue weighted by Gasteiger charge is 2.22. The molecule has 1 atom stereocenters. The largest absolute Gasteiger partial charge is 0.459 e. The minimum absolute atomic E-state index is 0.171. The molecule has 0 bridgehead atoms. The number of H-pyrrole nitrogens is 1. The number of esters is 1. The fourth-order valence-corrected chi connectivity index (χ4v) is 4.11. The summed E-state index contributed by atoms with van der Waals surface area (Å²) >= 11 is 1.15. The van der Waals surface area contributed by atoms with Gasteiger partial charge in [0.1, 0.15) is 15.5 Å². The number of carbonyl (C=O) groups excluding carboxylic acids is 1. The van der Waals surface area contributed by atoms with Gasteiger partial charge in [0, 0.05) is 20.2 Å². The first-order chi connectivity index (χ1) is 14.8. The van der Waals surface area contributed by atoms with Gasteiger partial charge in [-0.15, -0.1) is 17.9 Å². The lowest BCUT2D eigenvalue weighted by molar-refractivity contribution is 0.0188. The maximum absolute atomic E-state index is 12.7. The lowest BCUT2D eigenvalue weighted by Crippen LogP contribution is -2.37. The van der Waals surface area contributed by atoms with E-state index in [4.69, 9.17) is 14.2 Å². The van der Waals surface area contributed by atoms with Crippen LogP contribution in [0.15, 0.2) is 17.4 Å². The lowest BCUT2D eigenvalue weighted by atomic mass is 10.2. The molecule has 0 fully saturated rings. The standard InChI is InChI=1S/C21H31N3O6S/c1-6-8-29-12-15(25)10-24(7-9-28-5)11-16-22-19(26)17-14(4)18(31-20(17)23-16)21(27)30-13(2)3/h6,13,15,25H,1,7-12H2,2-5H3,(H,22,23,26)/t15-/m0/s1. The topological polar surface area (TPSA) is 114 Å². The van der Waals surface area contributed by atoms with E-state index in [0.29, 0.717) is 59.3 Å². The van der Waals surface area contributed by atoms with Crippen LogP contribution in [0.4, 0.5) is 0 Å². The van der Waals surface area contributed by atoms with E-state index in [1.165, 1.54) is 0 Å². The third-order valence-corrected chi connectivity index (χ3v) is 5.54. The number of fused-ring (bicyclic) bond motifs is 1. The van der Waals surface area contributed by atoms with Gasteiger partial charge < -0.3 is 24.3 Å². The number of hydrogen-bond acceptors (Lipinski definition) is 9. The summed E-state index contributed by atoms with van der Waals surface area (Å²) in [6.07, 6.45) is 0.650. The molecule has 0 unspecified atom stereocenters. The number of aromatic nitrogens is 2. The van der Waals surface area contributed by atoms with Crippen molar-refractivity contribution in [3.05, 3.63) is 39.3 Å². The number of aliphatic hydroxyl groups excluding tert-OH is 1. The zero-order chi connectivity index (χ0) is 23.0. The second-order valence-electron chi connectivity index (χ2n) is 7.41. The fraction of sp³-hybridized carbons (Fsp3) is 0.571. The Balaban J connectivity index is 2.23. The number of methoxy groups -OCH3 is 1. The van der Waals surface area contributed by atoms with Crippen molar-refractivity contribution in [3.8, 4) is 0 Å². The molecule has 172 valence electrons. The number of hydrogen-bond donors (Lipinski definition) is 2. The van der Waals surface area contributed by atoms with Crippen molar-refractivity contribution in [1.29, 1.82) is 0 Å².